The first-order valence-electron chi connectivity index (χ1n) is 12.4. The molecule has 0 spiro atoms. The lowest BCUT2D eigenvalue weighted by atomic mass is 10.1. The molecular formula is C26H29N5O6S. The SMILES string of the molecule is COc1ccc2c(O[C@@H]3C[C@@H](C(=O)O)N(C(=O)C4CCC(=O)N4)C3)cc(-c3csc(NC(C)C)n3)nc2c1. The number of aromatic nitrogens is 2. The summed E-state index contributed by atoms with van der Waals surface area (Å²) in [4.78, 5) is 47.5. The summed E-state index contributed by atoms with van der Waals surface area (Å²) < 4.78 is 11.8. The van der Waals surface area contributed by atoms with E-state index >= 15 is 0 Å². The van der Waals surface area contributed by atoms with Crippen molar-refractivity contribution in [3.8, 4) is 22.9 Å². The van der Waals surface area contributed by atoms with Crippen molar-refractivity contribution in [2.24, 2.45) is 0 Å². The smallest absolute Gasteiger partial charge is 0.326 e. The van der Waals surface area contributed by atoms with Gasteiger partial charge in [0.05, 0.1) is 24.9 Å². The van der Waals surface area contributed by atoms with Crippen LogP contribution in [0.5, 0.6) is 11.5 Å². The molecule has 1 aromatic carbocycles. The molecule has 3 N–H and O–H groups in total. The number of aliphatic carboxylic acids is 1. The Balaban J connectivity index is 1.45. The maximum absolute atomic E-state index is 13.1. The first-order valence-corrected chi connectivity index (χ1v) is 13.3. The van der Waals surface area contributed by atoms with Crippen molar-refractivity contribution in [3.05, 3.63) is 29.6 Å². The molecular weight excluding hydrogens is 510 g/mol. The molecule has 0 aliphatic carbocycles. The number of methoxy groups -OCH3 is 1. The number of nitrogens with one attached hydrogen (secondary N) is 2. The van der Waals surface area contributed by atoms with Crippen molar-refractivity contribution in [1.82, 2.24) is 20.2 Å². The second kappa shape index (κ2) is 10.4. The van der Waals surface area contributed by atoms with Gasteiger partial charge in [0.2, 0.25) is 11.8 Å². The fourth-order valence-electron chi connectivity index (χ4n) is 4.78. The third-order valence-electron chi connectivity index (χ3n) is 6.58. The van der Waals surface area contributed by atoms with Gasteiger partial charge in [-0.1, -0.05) is 0 Å². The summed E-state index contributed by atoms with van der Waals surface area (Å²) in [6.45, 7) is 4.17. The Hall–Kier alpha value is -3.93. The molecule has 2 aromatic heterocycles. The van der Waals surface area contributed by atoms with Gasteiger partial charge in [-0.25, -0.2) is 14.8 Å². The largest absolute Gasteiger partial charge is 0.497 e. The Morgan fingerprint density at radius 2 is 2.05 bits per heavy atom. The monoisotopic (exact) mass is 539 g/mol. The molecule has 0 saturated carbocycles. The van der Waals surface area contributed by atoms with Crippen LogP contribution in [-0.2, 0) is 14.4 Å². The maximum Gasteiger partial charge on any atom is 0.326 e. The Morgan fingerprint density at radius 3 is 2.74 bits per heavy atom. The van der Waals surface area contributed by atoms with Crippen LogP contribution in [-0.4, -0.2) is 75.6 Å². The van der Waals surface area contributed by atoms with Gasteiger partial charge in [0.15, 0.2) is 5.13 Å². The molecule has 0 radical (unpaired) electrons. The summed E-state index contributed by atoms with van der Waals surface area (Å²) in [5.74, 6) is -0.562. The van der Waals surface area contributed by atoms with Crippen molar-refractivity contribution in [1.29, 1.82) is 0 Å². The number of rotatable bonds is 8. The third-order valence-corrected chi connectivity index (χ3v) is 7.35. The van der Waals surface area contributed by atoms with E-state index in [9.17, 15) is 19.5 Å². The van der Waals surface area contributed by atoms with Crippen molar-refractivity contribution >= 4 is 45.2 Å². The number of ether oxygens (including phenoxy) is 2. The van der Waals surface area contributed by atoms with E-state index in [2.05, 4.69) is 15.6 Å². The van der Waals surface area contributed by atoms with Gasteiger partial charge in [-0.15, -0.1) is 11.3 Å². The number of pyridine rings is 1. The van der Waals surface area contributed by atoms with E-state index in [4.69, 9.17) is 14.5 Å². The minimum atomic E-state index is -1.11. The molecule has 2 aliphatic heterocycles. The van der Waals surface area contributed by atoms with E-state index < -0.39 is 30.1 Å². The highest BCUT2D eigenvalue weighted by Gasteiger charge is 2.44. The number of carboxylic acids is 1. The molecule has 2 aliphatic rings. The summed E-state index contributed by atoms with van der Waals surface area (Å²) in [6, 6.07) is 5.72. The van der Waals surface area contributed by atoms with Crippen LogP contribution >= 0.6 is 11.3 Å². The maximum atomic E-state index is 13.1. The van der Waals surface area contributed by atoms with Crippen LogP contribution in [0.2, 0.25) is 0 Å². The minimum absolute atomic E-state index is 0.0939. The Kier molecular flexibility index (Phi) is 7.06. The van der Waals surface area contributed by atoms with Crippen molar-refractivity contribution in [3.63, 3.8) is 0 Å². The number of likely N-dealkylation sites (tertiary alicyclic amines) is 1. The standard InChI is InChI=1S/C26H29N5O6S/c1-13(2)27-26-30-20(12-38-26)19-10-22(16-5-4-14(36-3)8-18(16)28-19)37-15-9-21(25(34)35)31(11-15)24(33)17-6-7-23(32)29-17/h4-5,8,10,12-13,15,17,21H,6-7,9,11H2,1-3H3,(H,27,30)(H,29,32)(H,34,35)/t15-,17?,21+/m1/s1. The highest BCUT2D eigenvalue weighted by atomic mass is 32.1. The Labute approximate surface area is 223 Å². The van der Waals surface area contributed by atoms with Gasteiger partial charge in [0.25, 0.3) is 0 Å². The Morgan fingerprint density at radius 1 is 1.24 bits per heavy atom. The highest BCUT2D eigenvalue weighted by molar-refractivity contribution is 7.14. The molecule has 2 saturated heterocycles. The van der Waals surface area contributed by atoms with Gasteiger partial charge in [0, 0.05) is 41.8 Å². The fraction of sp³-hybridized carbons (Fsp3) is 0.423. The molecule has 11 nitrogen and oxygen atoms in total. The van der Waals surface area contributed by atoms with Crippen molar-refractivity contribution < 1.29 is 29.0 Å². The van der Waals surface area contributed by atoms with Gasteiger partial charge < -0.3 is 30.1 Å². The van der Waals surface area contributed by atoms with E-state index in [0.717, 1.165) is 10.5 Å². The molecule has 12 heteroatoms. The summed E-state index contributed by atoms with van der Waals surface area (Å²) in [5, 5.41) is 19.2. The normalized spacial score (nSPS) is 21.1. The lowest BCUT2D eigenvalue weighted by molar-refractivity contribution is -0.149. The number of nitrogens with zero attached hydrogens (tertiary/aromatic N) is 3. The van der Waals surface area contributed by atoms with Gasteiger partial charge in [-0.3, -0.25) is 9.59 Å². The number of benzene rings is 1. The van der Waals surface area contributed by atoms with E-state index in [1.165, 1.54) is 16.2 Å². The molecule has 5 rings (SSSR count). The van der Waals surface area contributed by atoms with Crippen LogP contribution in [0.25, 0.3) is 22.3 Å². The van der Waals surface area contributed by atoms with Gasteiger partial charge in [0.1, 0.15) is 35.4 Å². The van der Waals surface area contributed by atoms with Crippen LogP contribution in [0, 0.1) is 0 Å². The minimum Gasteiger partial charge on any atom is -0.497 e. The third kappa shape index (κ3) is 5.21. The number of fused-ring (bicyclic) bond motifs is 1. The second-order valence-corrected chi connectivity index (χ2v) is 10.6. The van der Waals surface area contributed by atoms with E-state index in [1.807, 2.05) is 25.3 Å². The summed E-state index contributed by atoms with van der Waals surface area (Å²) >= 11 is 1.48. The van der Waals surface area contributed by atoms with Crippen LogP contribution in [0.4, 0.5) is 5.13 Å². The number of thiazole rings is 1. The van der Waals surface area contributed by atoms with Gasteiger partial charge in [-0.05, 0) is 32.4 Å². The van der Waals surface area contributed by atoms with Crippen LogP contribution in [0.15, 0.2) is 29.6 Å². The lowest BCUT2D eigenvalue weighted by Crippen LogP contribution is -2.49. The predicted octanol–water partition coefficient (Wildman–Crippen LogP) is 2.90. The molecule has 4 heterocycles. The number of carbonyl (C=O) groups excluding carboxylic acids is 2. The topological polar surface area (TPSA) is 143 Å². The molecule has 2 fully saturated rings. The van der Waals surface area contributed by atoms with E-state index in [0.29, 0.717) is 34.8 Å². The van der Waals surface area contributed by atoms with Crippen molar-refractivity contribution in [2.45, 2.75) is 57.3 Å². The molecule has 38 heavy (non-hydrogen) atoms. The average molecular weight is 540 g/mol. The van der Waals surface area contributed by atoms with Crippen LogP contribution in [0.3, 0.4) is 0 Å². The summed E-state index contributed by atoms with van der Waals surface area (Å²) in [6.07, 6.45) is 0.164. The lowest BCUT2D eigenvalue weighted by Gasteiger charge is -2.24. The first-order chi connectivity index (χ1) is 18.2. The first kappa shape index (κ1) is 25.7. The number of hydrogen-bond acceptors (Lipinski definition) is 9. The van der Waals surface area contributed by atoms with E-state index in [-0.39, 0.29) is 31.3 Å². The number of carboxylic acid groups (broad SMARTS) is 1. The molecule has 0 bridgehead atoms. The van der Waals surface area contributed by atoms with Gasteiger partial charge in [-0.2, -0.15) is 0 Å². The molecule has 2 amide bonds. The Bertz CT molecular complexity index is 1390. The molecule has 1 unspecified atom stereocenters. The van der Waals surface area contributed by atoms with Gasteiger partial charge >= 0.3 is 5.97 Å². The predicted molar refractivity (Wildman–Crippen MR) is 141 cm³/mol. The zero-order chi connectivity index (χ0) is 27.0. The average Bonchev–Trinajstić information content (AvgIpc) is 3.63. The number of carbonyl (C=O) groups is 3. The highest BCUT2D eigenvalue weighted by Crippen LogP contribution is 2.35. The molecule has 3 atom stereocenters. The zero-order valence-electron chi connectivity index (χ0n) is 21.3. The fourth-order valence-corrected chi connectivity index (χ4v) is 5.63. The number of hydrogen-bond donors (Lipinski definition) is 3. The van der Waals surface area contributed by atoms with Crippen LogP contribution in [0.1, 0.15) is 33.1 Å². The van der Waals surface area contributed by atoms with Crippen LogP contribution < -0.4 is 20.1 Å². The molecule has 3 aromatic rings. The summed E-state index contributed by atoms with van der Waals surface area (Å²) in [5.41, 5.74) is 1.91. The quantitative estimate of drug-likeness (QED) is 0.394. The number of amides is 2. The summed E-state index contributed by atoms with van der Waals surface area (Å²) in [7, 11) is 1.58. The number of anilines is 1. The zero-order valence-corrected chi connectivity index (χ0v) is 22.1. The van der Waals surface area contributed by atoms with Crippen molar-refractivity contribution in [2.75, 3.05) is 19.0 Å². The van der Waals surface area contributed by atoms with E-state index in [1.54, 1.807) is 25.3 Å². The second-order valence-electron chi connectivity index (χ2n) is 9.70. The molecule has 200 valence electrons.